The molecule has 35 heavy (non-hydrogen) atoms. The van der Waals surface area contributed by atoms with Crippen LogP contribution in [0.1, 0.15) is 38.9 Å². The summed E-state index contributed by atoms with van der Waals surface area (Å²) < 4.78 is 42.3. The van der Waals surface area contributed by atoms with Crippen molar-refractivity contribution in [2.24, 2.45) is 0 Å². The predicted molar refractivity (Wildman–Crippen MR) is 127 cm³/mol. The fourth-order valence-electron chi connectivity index (χ4n) is 4.88. The average molecular weight is 486 g/mol. The van der Waals surface area contributed by atoms with Gasteiger partial charge in [0, 0.05) is 41.3 Å². The highest BCUT2D eigenvalue weighted by Crippen LogP contribution is 2.35. The Labute approximate surface area is 199 Å². The van der Waals surface area contributed by atoms with Crippen molar-refractivity contribution in [1.82, 2.24) is 29.8 Å². The number of benzene rings is 1. The Morgan fingerprint density at radius 2 is 2.09 bits per heavy atom. The number of hydrogen-bond donors (Lipinski definition) is 3. The standard InChI is InChI=1S/C24H26F3N7O/c1-4-20(35)33-24(3)7-14(8-24)31-23-29-10-16-15(9-28-22(16)32-23)13-5-17(25)21-18(6-13)34(11-19(26)27)12(2)30-21/h5-6,9-10,14,19H,4,7-8,11H2,1-3H3,(H,33,35)(H2,28,29,31,32)/t14-,24-. The minimum Gasteiger partial charge on any atom is -0.351 e. The highest BCUT2D eigenvalue weighted by atomic mass is 19.3. The third-order valence-electron chi connectivity index (χ3n) is 6.55. The first-order valence-corrected chi connectivity index (χ1v) is 11.5. The zero-order valence-electron chi connectivity index (χ0n) is 19.6. The van der Waals surface area contributed by atoms with Crippen LogP contribution in [0.25, 0.3) is 33.2 Å². The van der Waals surface area contributed by atoms with Gasteiger partial charge in [-0.3, -0.25) is 4.79 Å². The van der Waals surface area contributed by atoms with Crippen molar-refractivity contribution >= 4 is 33.9 Å². The number of H-pyrrole nitrogens is 1. The maximum Gasteiger partial charge on any atom is 0.256 e. The molecule has 0 bridgehead atoms. The molecule has 1 fully saturated rings. The Kier molecular flexibility index (Phi) is 5.65. The van der Waals surface area contributed by atoms with E-state index in [0.29, 0.717) is 45.9 Å². The summed E-state index contributed by atoms with van der Waals surface area (Å²) in [5.74, 6) is 0.234. The number of alkyl halides is 2. The van der Waals surface area contributed by atoms with E-state index in [2.05, 4.69) is 30.6 Å². The van der Waals surface area contributed by atoms with Crippen molar-refractivity contribution in [2.75, 3.05) is 5.32 Å². The number of aromatic nitrogens is 5. The molecule has 4 aromatic rings. The van der Waals surface area contributed by atoms with Gasteiger partial charge in [-0.1, -0.05) is 6.92 Å². The molecule has 0 saturated heterocycles. The molecular weight excluding hydrogens is 459 g/mol. The number of nitrogens with zero attached hydrogens (tertiary/aromatic N) is 4. The number of carbonyl (C=O) groups excluding carboxylic acids is 1. The van der Waals surface area contributed by atoms with Crippen LogP contribution in [-0.2, 0) is 11.3 Å². The number of anilines is 1. The lowest BCUT2D eigenvalue weighted by molar-refractivity contribution is -0.123. The van der Waals surface area contributed by atoms with E-state index < -0.39 is 18.8 Å². The first-order chi connectivity index (χ1) is 16.7. The van der Waals surface area contributed by atoms with Crippen molar-refractivity contribution < 1.29 is 18.0 Å². The van der Waals surface area contributed by atoms with E-state index >= 15 is 0 Å². The van der Waals surface area contributed by atoms with Crippen LogP contribution in [0.15, 0.2) is 24.5 Å². The van der Waals surface area contributed by atoms with Crippen molar-refractivity contribution in [3.05, 3.63) is 36.2 Å². The minimum absolute atomic E-state index is 0.0320. The topological polar surface area (TPSA) is 101 Å². The van der Waals surface area contributed by atoms with Crippen LogP contribution in [0.2, 0.25) is 0 Å². The minimum atomic E-state index is -2.58. The molecule has 3 heterocycles. The van der Waals surface area contributed by atoms with Gasteiger partial charge in [0.05, 0.1) is 12.1 Å². The second kappa shape index (κ2) is 8.54. The lowest BCUT2D eigenvalue weighted by Crippen LogP contribution is -2.59. The van der Waals surface area contributed by atoms with E-state index in [4.69, 9.17) is 0 Å². The van der Waals surface area contributed by atoms with Gasteiger partial charge in [0.1, 0.15) is 17.0 Å². The normalized spacial score (nSPS) is 19.9. The molecule has 1 amide bonds. The van der Waals surface area contributed by atoms with Gasteiger partial charge in [0.2, 0.25) is 11.9 Å². The maximum absolute atomic E-state index is 14.8. The molecule has 0 atom stereocenters. The van der Waals surface area contributed by atoms with E-state index in [-0.39, 0.29) is 23.0 Å². The van der Waals surface area contributed by atoms with Crippen molar-refractivity contribution in [3.63, 3.8) is 0 Å². The van der Waals surface area contributed by atoms with Crippen LogP contribution < -0.4 is 10.6 Å². The van der Waals surface area contributed by atoms with Crippen molar-refractivity contribution in [1.29, 1.82) is 0 Å². The van der Waals surface area contributed by atoms with E-state index in [1.54, 1.807) is 25.4 Å². The summed E-state index contributed by atoms with van der Waals surface area (Å²) >= 11 is 0. The van der Waals surface area contributed by atoms with Gasteiger partial charge in [0.15, 0.2) is 5.82 Å². The lowest BCUT2D eigenvalue weighted by Gasteiger charge is -2.45. The summed E-state index contributed by atoms with van der Waals surface area (Å²) in [7, 11) is 0. The van der Waals surface area contributed by atoms with Gasteiger partial charge in [-0.25, -0.2) is 23.1 Å². The number of amides is 1. The molecule has 8 nitrogen and oxygen atoms in total. The Morgan fingerprint density at radius 1 is 1.31 bits per heavy atom. The summed E-state index contributed by atoms with van der Waals surface area (Å²) in [5.41, 5.74) is 1.89. The molecule has 0 aliphatic heterocycles. The van der Waals surface area contributed by atoms with Gasteiger partial charge in [-0.15, -0.1) is 0 Å². The quantitative estimate of drug-likeness (QED) is 0.357. The Bertz CT molecular complexity index is 1420. The van der Waals surface area contributed by atoms with E-state index in [1.807, 2.05) is 13.8 Å². The van der Waals surface area contributed by atoms with Gasteiger partial charge in [-0.05, 0) is 44.4 Å². The van der Waals surface area contributed by atoms with Crippen LogP contribution in [0.5, 0.6) is 0 Å². The van der Waals surface area contributed by atoms with Crippen LogP contribution in [0, 0.1) is 12.7 Å². The summed E-state index contributed by atoms with van der Waals surface area (Å²) in [4.78, 5) is 27.9. The van der Waals surface area contributed by atoms with Gasteiger partial charge < -0.3 is 20.2 Å². The second-order valence-corrected chi connectivity index (χ2v) is 9.36. The molecule has 3 aromatic heterocycles. The van der Waals surface area contributed by atoms with E-state index in [0.717, 1.165) is 12.8 Å². The molecule has 1 saturated carbocycles. The van der Waals surface area contributed by atoms with Crippen LogP contribution in [-0.4, -0.2) is 48.4 Å². The monoisotopic (exact) mass is 485 g/mol. The van der Waals surface area contributed by atoms with Crippen molar-refractivity contribution in [2.45, 2.75) is 64.6 Å². The second-order valence-electron chi connectivity index (χ2n) is 9.36. The van der Waals surface area contributed by atoms with Crippen LogP contribution in [0.4, 0.5) is 19.1 Å². The number of nitrogens with one attached hydrogen (secondary N) is 3. The Hall–Kier alpha value is -3.63. The van der Waals surface area contributed by atoms with Crippen LogP contribution in [0.3, 0.4) is 0 Å². The van der Waals surface area contributed by atoms with Gasteiger partial charge >= 0.3 is 0 Å². The smallest absolute Gasteiger partial charge is 0.256 e. The predicted octanol–water partition coefficient (Wildman–Crippen LogP) is 4.55. The summed E-state index contributed by atoms with van der Waals surface area (Å²) in [6, 6.07) is 3.14. The zero-order chi connectivity index (χ0) is 24.9. The molecule has 11 heteroatoms. The van der Waals surface area contributed by atoms with Gasteiger partial charge in [0.25, 0.3) is 6.43 Å². The fraction of sp³-hybridized carbons (Fsp3) is 0.417. The lowest BCUT2D eigenvalue weighted by atomic mass is 9.74. The molecule has 0 unspecified atom stereocenters. The third-order valence-corrected chi connectivity index (χ3v) is 6.55. The molecule has 0 radical (unpaired) electrons. The molecule has 3 N–H and O–H groups in total. The third kappa shape index (κ3) is 4.30. The number of aryl methyl sites for hydroxylation is 1. The molecule has 0 spiro atoms. The number of halogens is 3. The van der Waals surface area contributed by atoms with Crippen LogP contribution >= 0.6 is 0 Å². The zero-order valence-corrected chi connectivity index (χ0v) is 19.6. The van der Waals surface area contributed by atoms with E-state index in [1.165, 1.54) is 10.6 Å². The van der Waals surface area contributed by atoms with Crippen molar-refractivity contribution in [3.8, 4) is 11.1 Å². The highest BCUT2D eigenvalue weighted by Gasteiger charge is 2.41. The molecule has 184 valence electrons. The molecule has 1 aromatic carbocycles. The molecule has 5 rings (SSSR count). The number of imidazole rings is 1. The Morgan fingerprint density at radius 3 is 2.80 bits per heavy atom. The average Bonchev–Trinajstić information content (AvgIpc) is 3.33. The largest absolute Gasteiger partial charge is 0.351 e. The number of fused-ring (bicyclic) bond motifs is 2. The number of hydrogen-bond acceptors (Lipinski definition) is 5. The highest BCUT2D eigenvalue weighted by molar-refractivity contribution is 5.96. The van der Waals surface area contributed by atoms with Gasteiger partial charge in [-0.2, -0.15) is 4.98 Å². The summed E-state index contributed by atoms with van der Waals surface area (Å²) in [5, 5.41) is 7.01. The Balaban J connectivity index is 1.39. The summed E-state index contributed by atoms with van der Waals surface area (Å²) in [6.45, 7) is 4.87. The van der Waals surface area contributed by atoms with E-state index in [9.17, 15) is 18.0 Å². The first-order valence-electron chi connectivity index (χ1n) is 11.5. The number of aromatic amines is 1. The number of carbonyl (C=O) groups is 1. The fourth-order valence-corrected chi connectivity index (χ4v) is 4.88. The number of rotatable bonds is 7. The molecular formula is C24H26F3N7O. The SMILES string of the molecule is CCC(=O)N[C@]1(C)C[C@@H](Nc2ncc3c(-c4cc(F)c5nc(C)n(CC(F)F)c5c4)c[nH]c3n2)C1. The maximum atomic E-state index is 14.8. The molecule has 1 aliphatic rings. The summed E-state index contributed by atoms with van der Waals surface area (Å²) in [6.07, 6.45) is 2.75. The molecule has 1 aliphatic carbocycles. The first kappa shape index (κ1) is 23.1.